The Kier molecular flexibility index (Phi) is 5.11. The number of benzene rings is 1. The number of nitrogens with one attached hydrogen (secondary N) is 2. The smallest absolute Gasteiger partial charge is 0.325 e. The van der Waals surface area contributed by atoms with Crippen LogP contribution in [0.5, 0.6) is 11.5 Å². The second kappa shape index (κ2) is 7.49. The molecule has 2 unspecified atom stereocenters. The fourth-order valence-corrected chi connectivity index (χ4v) is 5.25. The molecule has 1 saturated carbocycles. The molecule has 2 atom stereocenters. The van der Waals surface area contributed by atoms with E-state index >= 15 is 0 Å². The van der Waals surface area contributed by atoms with Crippen molar-refractivity contribution in [2.45, 2.75) is 52.1 Å². The van der Waals surface area contributed by atoms with Crippen LogP contribution in [-0.4, -0.2) is 48.0 Å². The van der Waals surface area contributed by atoms with E-state index in [4.69, 9.17) is 9.47 Å². The monoisotopic (exact) mass is 415 g/mol. The lowest BCUT2D eigenvalue weighted by Gasteiger charge is -2.43. The van der Waals surface area contributed by atoms with E-state index in [1.165, 1.54) is 0 Å². The van der Waals surface area contributed by atoms with Crippen LogP contribution in [0.2, 0.25) is 0 Å². The first-order chi connectivity index (χ1) is 14.2. The summed E-state index contributed by atoms with van der Waals surface area (Å²) in [5, 5.41) is 5.68. The molecule has 1 aromatic carbocycles. The van der Waals surface area contributed by atoms with Gasteiger partial charge in [-0.05, 0) is 48.3 Å². The summed E-state index contributed by atoms with van der Waals surface area (Å²) < 4.78 is 11.0. The van der Waals surface area contributed by atoms with Gasteiger partial charge in [-0.15, -0.1) is 0 Å². The van der Waals surface area contributed by atoms with Gasteiger partial charge in [-0.25, -0.2) is 4.79 Å². The number of nitrogens with zero attached hydrogens (tertiary/aromatic N) is 1. The van der Waals surface area contributed by atoms with E-state index in [9.17, 15) is 14.4 Å². The number of carbonyl (C=O) groups excluding carboxylic acids is 3. The number of urea groups is 1. The van der Waals surface area contributed by atoms with Gasteiger partial charge < -0.3 is 20.1 Å². The Morgan fingerprint density at radius 1 is 1.20 bits per heavy atom. The topological polar surface area (TPSA) is 97.0 Å². The second-order valence-electron chi connectivity index (χ2n) is 9.51. The molecule has 162 valence electrons. The quantitative estimate of drug-likeness (QED) is 0.735. The number of hydrogen-bond donors (Lipinski definition) is 2. The van der Waals surface area contributed by atoms with E-state index in [2.05, 4.69) is 31.4 Å². The van der Waals surface area contributed by atoms with Crippen molar-refractivity contribution in [3.63, 3.8) is 0 Å². The third-order valence-corrected chi connectivity index (χ3v) is 6.02. The minimum Gasteiger partial charge on any atom is -0.486 e. The van der Waals surface area contributed by atoms with E-state index in [0.29, 0.717) is 43.5 Å². The fourth-order valence-electron chi connectivity index (χ4n) is 5.25. The lowest BCUT2D eigenvalue weighted by atomic mass is 9.64. The van der Waals surface area contributed by atoms with Crippen LogP contribution >= 0.6 is 0 Å². The van der Waals surface area contributed by atoms with Crippen molar-refractivity contribution in [3.8, 4) is 11.5 Å². The summed E-state index contributed by atoms with van der Waals surface area (Å²) in [6.45, 7) is 7.34. The molecule has 4 amide bonds. The first-order valence-corrected chi connectivity index (χ1v) is 10.5. The van der Waals surface area contributed by atoms with E-state index in [1.54, 1.807) is 0 Å². The summed E-state index contributed by atoms with van der Waals surface area (Å²) in [4.78, 5) is 39.2. The minimum atomic E-state index is -0.894. The Hall–Kier alpha value is -2.77. The highest BCUT2D eigenvalue weighted by atomic mass is 16.6. The summed E-state index contributed by atoms with van der Waals surface area (Å²) in [6.07, 6.45) is 2.20. The molecule has 4 rings (SSSR count). The maximum Gasteiger partial charge on any atom is 0.325 e. The maximum atomic E-state index is 13.1. The molecule has 1 aromatic rings. The Morgan fingerprint density at radius 3 is 2.67 bits per heavy atom. The van der Waals surface area contributed by atoms with Gasteiger partial charge in [-0.1, -0.05) is 26.8 Å². The van der Waals surface area contributed by atoms with Gasteiger partial charge >= 0.3 is 6.03 Å². The van der Waals surface area contributed by atoms with Crippen LogP contribution in [0.3, 0.4) is 0 Å². The highest BCUT2D eigenvalue weighted by Gasteiger charge is 2.56. The van der Waals surface area contributed by atoms with Crippen LogP contribution in [0, 0.1) is 11.3 Å². The van der Waals surface area contributed by atoms with Gasteiger partial charge in [0.25, 0.3) is 5.91 Å². The third kappa shape index (κ3) is 3.95. The minimum absolute atomic E-state index is 0.0445. The van der Waals surface area contributed by atoms with Crippen molar-refractivity contribution < 1.29 is 23.9 Å². The Labute approximate surface area is 176 Å². The molecule has 8 heteroatoms. The van der Waals surface area contributed by atoms with E-state index in [-0.39, 0.29) is 30.3 Å². The van der Waals surface area contributed by atoms with Crippen LogP contribution in [0.1, 0.15) is 45.6 Å². The van der Waals surface area contributed by atoms with Crippen LogP contribution < -0.4 is 20.1 Å². The number of rotatable bonds is 4. The van der Waals surface area contributed by atoms with Gasteiger partial charge in [0.1, 0.15) is 25.3 Å². The molecule has 2 fully saturated rings. The van der Waals surface area contributed by atoms with Crippen LogP contribution in [0.4, 0.5) is 4.79 Å². The zero-order valence-corrected chi connectivity index (χ0v) is 17.7. The average Bonchev–Trinajstić information content (AvgIpc) is 2.88. The average molecular weight is 415 g/mol. The van der Waals surface area contributed by atoms with Crippen molar-refractivity contribution in [3.05, 3.63) is 23.8 Å². The Morgan fingerprint density at radius 2 is 1.93 bits per heavy atom. The van der Waals surface area contributed by atoms with Gasteiger partial charge in [0.05, 0.1) is 0 Å². The predicted molar refractivity (Wildman–Crippen MR) is 109 cm³/mol. The largest absolute Gasteiger partial charge is 0.486 e. The lowest BCUT2D eigenvalue weighted by Crippen LogP contribution is -2.54. The predicted octanol–water partition coefficient (Wildman–Crippen LogP) is 2.21. The molecule has 30 heavy (non-hydrogen) atoms. The first kappa shape index (κ1) is 20.5. The number of amides is 4. The molecule has 1 aliphatic carbocycles. The summed E-state index contributed by atoms with van der Waals surface area (Å²) in [5.74, 6) is 0.987. The number of carbonyl (C=O) groups is 3. The SMILES string of the molecule is CC1CC(C)(C)CC2(C1)NC(=O)N(CC(=O)NCc1ccc3c(c1)OCCO3)C2=O. The number of ether oxygens (including phenoxy) is 2. The van der Waals surface area contributed by atoms with Crippen molar-refractivity contribution in [2.24, 2.45) is 11.3 Å². The molecular formula is C22H29N3O5. The zero-order valence-electron chi connectivity index (χ0n) is 17.7. The Balaban J connectivity index is 1.37. The first-order valence-electron chi connectivity index (χ1n) is 10.5. The molecule has 1 saturated heterocycles. The van der Waals surface area contributed by atoms with Gasteiger partial charge in [-0.2, -0.15) is 0 Å². The van der Waals surface area contributed by atoms with Gasteiger partial charge in [0.2, 0.25) is 5.91 Å². The molecule has 2 N–H and O–H groups in total. The molecule has 2 heterocycles. The van der Waals surface area contributed by atoms with E-state index in [0.717, 1.165) is 16.9 Å². The van der Waals surface area contributed by atoms with Crippen LogP contribution in [0.15, 0.2) is 18.2 Å². The highest BCUT2D eigenvalue weighted by Crippen LogP contribution is 2.46. The molecule has 3 aliphatic rings. The highest BCUT2D eigenvalue weighted by molar-refractivity contribution is 6.09. The summed E-state index contributed by atoms with van der Waals surface area (Å²) in [7, 11) is 0. The summed E-state index contributed by atoms with van der Waals surface area (Å²) >= 11 is 0. The van der Waals surface area contributed by atoms with E-state index in [1.807, 2.05) is 18.2 Å². The molecule has 8 nitrogen and oxygen atoms in total. The number of imide groups is 1. The standard InChI is InChI=1S/C22H29N3O5/c1-14-9-21(2,3)13-22(10-14)19(27)25(20(28)24-22)12-18(26)23-11-15-4-5-16-17(8-15)30-7-6-29-16/h4-5,8,14H,6-7,9-13H2,1-3H3,(H,23,26)(H,24,28). The molecular weight excluding hydrogens is 386 g/mol. The summed E-state index contributed by atoms with van der Waals surface area (Å²) in [5.41, 5.74) is -0.0880. The van der Waals surface area contributed by atoms with Crippen molar-refractivity contribution in [1.82, 2.24) is 15.5 Å². The fraction of sp³-hybridized carbons (Fsp3) is 0.591. The van der Waals surface area contributed by atoms with Crippen molar-refractivity contribution in [1.29, 1.82) is 0 Å². The molecule has 1 spiro atoms. The second-order valence-corrected chi connectivity index (χ2v) is 9.51. The third-order valence-electron chi connectivity index (χ3n) is 6.02. The number of fused-ring (bicyclic) bond motifs is 1. The van der Waals surface area contributed by atoms with Gasteiger partial charge in [-0.3, -0.25) is 14.5 Å². The molecule has 2 aliphatic heterocycles. The van der Waals surface area contributed by atoms with Crippen LogP contribution in [-0.2, 0) is 16.1 Å². The normalized spacial score (nSPS) is 27.2. The van der Waals surface area contributed by atoms with E-state index < -0.39 is 11.6 Å². The van der Waals surface area contributed by atoms with Crippen molar-refractivity contribution in [2.75, 3.05) is 19.8 Å². The van der Waals surface area contributed by atoms with Gasteiger partial charge in [0.15, 0.2) is 11.5 Å². The Bertz CT molecular complexity index is 884. The lowest BCUT2D eigenvalue weighted by molar-refractivity contribution is -0.137. The molecule has 0 radical (unpaired) electrons. The molecule has 0 aromatic heterocycles. The van der Waals surface area contributed by atoms with Gasteiger partial charge in [0, 0.05) is 6.54 Å². The number of hydrogen-bond acceptors (Lipinski definition) is 5. The van der Waals surface area contributed by atoms with Crippen LogP contribution in [0.25, 0.3) is 0 Å². The maximum absolute atomic E-state index is 13.1. The van der Waals surface area contributed by atoms with Crippen molar-refractivity contribution >= 4 is 17.8 Å². The summed E-state index contributed by atoms with van der Waals surface area (Å²) in [6, 6.07) is 4.99. The molecule has 0 bridgehead atoms. The zero-order chi connectivity index (χ0) is 21.5.